The van der Waals surface area contributed by atoms with Gasteiger partial charge in [0.25, 0.3) is 0 Å². The van der Waals surface area contributed by atoms with Crippen LogP contribution in [0.5, 0.6) is 5.75 Å². The highest BCUT2D eigenvalue weighted by molar-refractivity contribution is 5.41. The highest BCUT2D eigenvalue weighted by Gasteiger charge is 2.12. The number of ether oxygens (including phenoxy) is 1. The molecule has 0 heterocycles. The summed E-state index contributed by atoms with van der Waals surface area (Å²) in [4.78, 5) is 0. The van der Waals surface area contributed by atoms with Gasteiger partial charge in [-0.2, -0.15) is 0 Å². The van der Waals surface area contributed by atoms with E-state index in [0.29, 0.717) is 6.61 Å². The Bertz CT molecular complexity index is 479. The van der Waals surface area contributed by atoms with Crippen LogP contribution in [0.4, 0.5) is 0 Å². The number of aliphatic hydroxyl groups is 1. The molecule has 1 atom stereocenters. The molecule has 2 heteroatoms. The molecule has 0 aliphatic carbocycles. The fourth-order valence-corrected chi connectivity index (χ4v) is 2.05. The van der Waals surface area contributed by atoms with Gasteiger partial charge < -0.3 is 9.84 Å². The minimum absolute atomic E-state index is 0.0358. The van der Waals surface area contributed by atoms with E-state index in [1.807, 2.05) is 36.4 Å². The van der Waals surface area contributed by atoms with E-state index in [1.54, 1.807) is 0 Å². The molecular formula is C16H18O2. The molecular weight excluding hydrogens is 224 g/mol. The molecule has 0 bridgehead atoms. The van der Waals surface area contributed by atoms with Crippen molar-refractivity contribution in [3.8, 4) is 5.75 Å². The normalized spacial score (nSPS) is 12.1. The van der Waals surface area contributed by atoms with Crippen LogP contribution in [0.2, 0.25) is 0 Å². The van der Waals surface area contributed by atoms with E-state index >= 15 is 0 Å². The maximum atomic E-state index is 8.85. The molecule has 0 aromatic heterocycles. The minimum atomic E-state index is 0.0358. The van der Waals surface area contributed by atoms with Crippen molar-refractivity contribution < 1.29 is 9.84 Å². The third kappa shape index (κ3) is 2.90. The molecule has 1 unspecified atom stereocenters. The molecule has 0 aliphatic rings. The molecule has 0 saturated heterocycles. The monoisotopic (exact) mass is 242 g/mol. The summed E-state index contributed by atoms with van der Waals surface area (Å²) in [5.74, 6) is 1.13. The molecule has 2 rings (SSSR count). The van der Waals surface area contributed by atoms with Crippen LogP contribution in [0.25, 0.3) is 0 Å². The molecule has 2 nitrogen and oxygen atoms in total. The predicted molar refractivity (Wildman–Crippen MR) is 73.0 cm³/mol. The summed E-state index contributed by atoms with van der Waals surface area (Å²) >= 11 is 0. The third-order valence-electron chi connectivity index (χ3n) is 3.03. The summed E-state index contributed by atoms with van der Waals surface area (Å²) in [6.07, 6.45) is 0. The van der Waals surface area contributed by atoms with Crippen LogP contribution in [0.1, 0.15) is 24.0 Å². The lowest BCUT2D eigenvalue weighted by atomic mass is 9.92. The van der Waals surface area contributed by atoms with E-state index in [-0.39, 0.29) is 12.5 Å². The van der Waals surface area contributed by atoms with Crippen molar-refractivity contribution in [2.24, 2.45) is 0 Å². The van der Waals surface area contributed by atoms with Gasteiger partial charge in [-0.1, -0.05) is 55.5 Å². The molecule has 94 valence electrons. The summed E-state index contributed by atoms with van der Waals surface area (Å²) in [6, 6.07) is 18.3. The van der Waals surface area contributed by atoms with Crippen LogP contribution in [0.15, 0.2) is 54.6 Å². The Balaban J connectivity index is 2.27. The molecule has 1 N–H and O–H groups in total. The number of aliphatic hydroxyl groups excluding tert-OH is 1. The van der Waals surface area contributed by atoms with Crippen molar-refractivity contribution in [2.75, 3.05) is 13.2 Å². The van der Waals surface area contributed by atoms with Crippen LogP contribution in [0.3, 0.4) is 0 Å². The zero-order valence-electron chi connectivity index (χ0n) is 10.5. The van der Waals surface area contributed by atoms with Crippen LogP contribution in [-0.2, 0) is 0 Å². The van der Waals surface area contributed by atoms with Crippen LogP contribution in [0, 0.1) is 0 Å². The first-order valence-corrected chi connectivity index (χ1v) is 6.20. The lowest BCUT2D eigenvalue weighted by Crippen LogP contribution is -2.05. The molecule has 2 aromatic rings. The van der Waals surface area contributed by atoms with Crippen molar-refractivity contribution in [1.82, 2.24) is 0 Å². The van der Waals surface area contributed by atoms with Crippen molar-refractivity contribution in [2.45, 2.75) is 12.8 Å². The lowest BCUT2D eigenvalue weighted by molar-refractivity contribution is 0.200. The van der Waals surface area contributed by atoms with E-state index in [9.17, 15) is 0 Å². The topological polar surface area (TPSA) is 29.5 Å². The van der Waals surface area contributed by atoms with Gasteiger partial charge in [-0.3, -0.25) is 0 Å². The smallest absolute Gasteiger partial charge is 0.123 e. The molecule has 0 amide bonds. The van der Waals surface area contributed by atoms with Gasteiger partial charge in [0.1, 0.15) is 12.4 Å². The Morgan fingerprint density at radius 2 is 1.67 bits per heavy atom. The second-order valence-corrected chi connectivity index (χ2v) is 4.24. The van der Waals surface area contributed by atoms with E-state index in [4.69, 9.17) is 9.84 Å². The Hall–Kier alpha value is -1.80. The molecule has 18 heavy (non-hydrogen) atoms. The third-order valence-corrected chi connectivity index (χ3v) is 3.03. The van der Waals surface area contributed by atoms with E-state index in [2.05, 4.69) is 25.1 Å². The van der Waals surface area contributed by atoms with Gasteiger partial charge in [0.15, 0.2) is 0 Å². The van der Waals surface area contributed by atoms with Crippen molar-refractivity contribution in [3.05, 3.63) is 65.7 Å². The largest absolute Gasteiger partial charge is 0.491 e. The minimum Gasteiger partial charge on any atom is -0.491 e. The van der Waals surface area contributed by atoms with Crippen LogP contribution >= 0.6 is 0 Å². The summed E-state index contributed by atoms with van der Waals surface area (Å²) in [7, 11) is 0. The Morgan fingerprint density at radius 1 is 1.00 bits per heavy atom. The van der Waals surface area contributed by atoms with Gasteiger partial charge in [-0.15, -0.1) is 0 Å². The maximum absolute atomic E-state index is 8.85. The second-order valence-electron chi connectivity index (χ2n) is 4.24. The van der Waals surface area contributed by atoms with Gasteiger partial charge in [-0.05, 0) is 11.6 Å². The fraction of sp³-hybridized carbons (Fsp3) is 0.250. The average molecular weight is 242 g/mol. The van der Waals surface area contributed by atoms with Crippen molar-refractivity contribution in [1.29, 1.82) is 0 Å². The van der Waals surface area contributed by atoms with Crippen molar-refractivity contribution in [3.63, 3.8) is 0 Å². The first-order valence-electron chi connectivity index (χ1n) is 6.20. The number of para-hydroxylation sites is 1. The zero-order valence-corrected chi connectivity index (χ0v) is 10.5. The predicted octanol–water partition coefficient (Wildman–Crippen LogP) is 3.21. The molecule has 0 saturated carbocycles. The quantitative estimate of drug-likeness (QED) is 0.872. The standard InChI is InChI=1S/C16H18O2/c1-13(14-7-3-2-4-8-14)15-9-5-6-10-16(15)18-12-11-17/h2-10,13,17H,11-12H2,1H3. The molecule has 2 aromatic carbocycles. The van der Waals surface area contributed by atoms with Crippen LogP contribution < -0.4 is 4.74 Å². The Kier molecular flexibility index (Phi) is 4.37. The highest BCUT2D eigenvalue weighted by Crippen LogP contribution is 2.31. The average Bonchev–Trinajstić information content (AvgIpc) is 2.45. The first kappa shape index (κ1) is 12.7. The van der Waals surface area contributed by atoms with Gasteiger partial charge in [0.05, 0.1) is 6.61 Å². The molecule has 0 aliphatic heterocycles. The molecule has 0 radical (unpaired) electrons. The summed E-state index contributed by atoms with van der Waals surface area (Å²) in [5, 5.41) is 8.85. The molecule has 0 fully saturated rings. The maximum Gasteiger partial charge on any atom is 0.123 e. The number of hydrogen-bond donors (Lipinski definition) is 1. The summed E-state index contributed by atoms with van der Waals surface area (Å²) < 4.78 is 5.58. The van der Waals surface area contributed by atoms with E-state index in [1.165, 1.54) is 5.56 Å². The summed E-state index contributed by atoms with van der Waals surface area (Å²) in [5.41, 5.74) is 2.41. The lowest BCUT2D eigenvalue weighted by Gasteiger charge is -2.17. The van der Waals surface area contributed by atoms with Crippen molar-refractivity contribution >= 4 is 0 Å². The fourth-order valence-electron chi connectivity index (χ4n) is 2.05. The van der Waals surface area contributed by atoms with Gasteiger partial charge in [0, 0.05) is 11.5 Å². The second kappa shape index (κ2) is 6.22. The number of hydrogen-bond acceptors (Lipinski definition) is 2. The van der Waals surface area contributed by atoms with Gasteiger partial charge >= 0.3 is 0 Å². The van der Waals surface area contributed by atoms with Gasteiger partial charge in [0.2, 0.25) is 0 Å². The van der Waals surface area contributed by atoms with Crippen LogP contribution in [-0.4, -0.2) is 18.3 Å². The Labute approximate surface area is 108 Å². The molecule has 0 spiro atoms. The zero-order chi connectivity index (χ0) is 12.8. The first-order chi connectivity index (χ1) is 8.83. The van der Waals surface area contributed by atoms with Gasteiger partial charge in [-0.25, -0.2) is 0 Å². The SMILES string of the molecule is CC(c1ccccc1)c1ccccc1OCCO. The van der Waals surface area contributed by atoms with E-state index < -0.39 is 0 Å². The van der Waals surface area contributed by atoms with E-state index in [0.717, 1.165) is 11.3 Å². The number of benzene rings is 2. The number of rotatable bonds is 5. The highest BCUT2D eigenvalue weighted by atomic mass is 16.5. The Morgan fingerprint density at radius 3 is 2.39 bits per heavy atom. The summed E-state index contributed by atoms with van der Waals surface area (Å²) in [6.45, 7) is 2.53.